The number of aliphatic imine (C=N–C) groups is 1. The zero-order chi connectivity index (χ0) is 9.97. The maximum Gasteiger partial charge on any atom is 0.130 e. The Labute approximate surface area is 83.9 Å². The highest BCUT2D eigenvalue weighted by Crippen LogP contribution is 2.19. The number of nitrogens with zero attached hydrogens (tertiary/aromatic N) is 1. The van der Waals surface area contributed by atoms with Gasteiger partial charge in [0.2, 0.25) is 0 Å². The Morgan fingerprint density at radius 1 is 1.43 bits per heavy atom. The molecule has 1 aromatic carbocycles. The van der Waals surface area contributed by atoms with Crippen molar-refractivity contribution < 1.29 is 4.74 Å². The molecule has 0 saturated heterocycles. The first-order valence-corrected chi connectivity index (χ1v) is 4.60. The van der Waals surface area contributed by atoms with Crippen molar-refractivity contribution in [3.8, 4) is 5.75 Å². The maximum atomic E-state index is 5.62. The molecule has 2 nitrogen and oxygen atoms in total. The third-order valence-electron chi connectivity index (χ3n) is 2.14. The Hall–Kier alpha value is -1.57. The van der Waals surface area contributed by atoms with Crippen molar-refractivity contribution in [3.63, 3.8) is 0 Å². The van der Waals surface area contributed by atoms with E-state index >= 15 is 0 Å². The molecular formula is C12H12NO. The number of aryl methyl sites for hydroxylation is 2. The molecule has 0 fully saturated rings. The van der Waals surface area contributed by atoms with E-state index in [2.05, 4.69) is 11.1 Å². The lowest BCUT2D eigenvalue weighted by Gasteiger charge is -2.11. The monoisotopic (exact) mass is 186 g/mol. The summed E-state index contributed by atoms with van der Waals surface area (Å²) in [7, 11) is 0. The van der Waals surface area contributed by atoms with Crippen molar-refractivity contribution in [2.45, 2.75) is 13.8 Å². The van der Waals surface area contributed by atoms with Gasteiger partial charge in [0.15, 0.2) is 0 Å². The van der Waals surface area contributed by atoms with E-state index in [1.165, 1.54) is 0 Å². The van der Waals surface area contributed by atoms with Crippen molar-refractivity contribution in [1.29, 1.82) is 0 Å². The summed E-state index contributed by atoms with van der Waals surface area (Å²) < 4.78 is 5.62. The Kier molecular flexibility index (Phi) is 2.35. The molecule has 0 aromatic heterocycles. The van der Waals surface area contributed by atoms with Gasteiger partial charge in [-0.2, -0.15) is 0 Å². The van der Waals surface area contributed by atoms with Crippen molar-refractivity contribution >= 4 is 6.21 Å². The van der Waals surface area contributed by atoms with Gasteiger partial charge in [0.05, 0.1) is 5.70 Å². The quantitative estimate of drug-likeness (QED) is 0.710. The predicted molar refractivity (Wildman–Crippen MR) is 56.8 cm³/mol. The molecule has 1 radical (unpaired) electrons. The fourth-order valence-corrected chi connectivity index (χ4v) is 1.22. The highest BCUT2D eigenvalue weighted by Gasteiger charge is 2.03. The summed E-state index contributed by atoms with van der Waals surface area (Å²) in [5.41, 5.74) is 3.20. The number of allylic oxidation sites excluding steroid dienone is 1. The molecule has 0 spiro atoms. The molecule has 0 atom stereocenters. The van der Waals surface area contributed by atoms with Gasteiger partial charge in [0.25, 0.3) is 0 Å². The van der Waals surface area contributed by atoms with Gasteiger partial charge in [0.1, 0.15) is 12.4 Å². The Balaban J connectivity index is 2.04. The smallest absolute Gasteiger partial charge is 0.130 e. The van der Waals surface area contributed by atoms with E-state index in [0.29, 0.717) is 6.61 Å². The van der Waals surface area contributed by atoms with Crippen LogP contribution in [-0.4, -0.2) is 12.8 Å². The minimum absolute atomic E-state index is 0.556. The molecule has 71 valence electrons. The Morgan fingerprint density at radius 2 is 2.21 bits per heavy atom. The lowest BCUT2D eigenvalue weighted by atomic mass is 10.1. The molecular weight excluding hydrogens is 174 g/mol. The van der Waals surface area contributed by atoms with E-state index in [9.17, 15) is 0 Å². The molecule has 0 unspecified atom stereocenters. The zero-order valence-electron chi connectivity index (χ0n) is 8.37. The van der Waals surface area contributed by atoms with Gasteiger partial charge in [0, 0.05) is 6.21 Å². The first kappa shape index (κ1) is 9.00. The summed E-state index contributed by atoms with van der Waals surface area (Å²) in [6.45, 7) is 4.58. The molecule has 1 heterocycles. The average Bonchev–Trinajstić information content (AvgIpc) is 2.08. The van der Waals surface area contributed by atoms with Crippen LogP contribution in [0.3, 0.4) is 0 Å². The van der Waals surface area contributed by atoms with Crippen LogP contribution in [-0.2, 0) is 0 Å². The molecule has 0 N–H and O–H groups in total. The fourth-order valence-electron chi connectivity index (χ4n) is 1.22. The minimum Gasteiger partial charge on any atom is -0.487 e. The number of ether oxygens (including phenoxy) is 1. The zero-order valence-corrected chi connectivity index (χ0v) is 8.37. The van der Waals surface area contributed by atoms with Gasteiger partial charge in [-0.3, -0.25) is 4.99 Å². The molecule has 0 saturated carbocycles. The molecule has 0 bridgehead atoms. The number of hydrogen-bond acceptors (Lipinski definition) is 2. The van der Waals surface area contributed by atoms with E-state index < -0.39 is 0 Å². The SMILES string of the molecule is Cc1[c]cc(C)c(OCC2=CC=N2)c1. The fraction of sp³-hybridized carbons (Fsp3) is 0.250. The normalized spacial score (nSPS) is 13.4. The number of benzene rings is 1. The van der Waals surface area contributed by atoms with Crippen LogP contribution in [0.4, 0.5) is 0 Å². The van der Waals surface area contributed by atoms with Crippen molar-refractivity contribution in [3.05, 3.63) is 41.1 Å². The standard InChI is InChI=1S/C12H12NO/c1-9-3-4-10(2)12(7-9)14-8-11-5-6-13-11/h4-7H,8H2,1-2H3. The summed E-state index contributed by atoms with van der Waals surface area (Å²) in [6.07, 6.45) is 3.73. The maximum absolute atomic E-state index is 5.62. The van der Waals surface area contributed by atoms with E-state index in [1.807, 2.05) is 32.1 Å². The van der Waals surface area contributed by atoms with Crippen LogP contribution in [0.5, 0.6) is 5.75 Å². The second-order valence-corrected chi connectivity index (χ2v) is 3.39. The van der Waals surface area contributed by atoms with Crippen LogP contribution in [0.1, 0.15) is 11.1 Å². The summed E-state index contributed by atoms with van der Waals surface area (Å²) in [5.74, 6) is 0.921. The van der Waals surface area contributed by atoms with Gasteiger partial charge in [-0.25, -0.2) is 0 Å². The Morgan fingerprint density at radius 3 is 2.86 bits per heavy atom. The van der Waals surface area contributed by atoms with Crippen LogP contribution >= 0.6 is 0 Å². The van der Waals surface area contributed by atoms with E-state index in [1.54, 1.807) is 6.21 Å². The summed E-state index contributed by atoms with van der Waals surface area (Å²) >= 11 is 0. The average molecular weight is 186 g/mol. The van der Waals surface area contributed by atoms with Crippen LogP contribution in [0.2, 0.25) is 0 Å². The lowest BCUT2D eigenvalue weighted by molar-refractivity contribution is 0.347. The molecule has 2 rings (SSSR count). The summed E-state index contributed by atoms with van der Waals surface area (Å²) in [6, 6.07) is 7.08. The third kappa shape index (κ3) is 1.84. The van der Waals surface area contributed by atoms with Crippen LogP contribution in [0.25, 0.3) is 0 Å². The molecule has 1 aromatic rings. The van der Waals surface area contributed by atoms with E-state index in [-0.39, 0.29) is 0 Å². The second kappa shape index (κ2) is 3.66. The number of hydrogen-bond donors (Lipinski definition) is 0. The topological polar surface area (TPSA) is 21.6 Å². The van der Waals surface area contributed by atoms with Crippen LogP contribution in [0, 0.1) is 19.9 Å². The molecule has 2 heteroatoms. The van der Waals surface area contributed by atoms with Gasteiger partial charge < -0.3 is 4.74 Å². The summed E-state index contributed by atoms with van der Waals surface area (Å²) in [5, 5.41) is 0. The highest BCUT2D eigenvalue weighted by molar-refractivity contribution is 5.79. The van der Waals surface area contributed by atoms with Crippen LogP contribution in [0.15, 0.2) is 28.9 Å². The minimum atomic E-state index is 0.556. The molecule has 1 aliphatic heterocycles. The van der Waals surface area contributed by atoms with Crippen molar-refractivity contribution in [2.75, 3.05) is 6.61 Å². The second-order valence-electron chi connectivity index (χ2n) is 3.39. The van der Waals surface area contributed by atoms with Gasteiger partial charge in [-0.1, -0.05) is 0 Å². The first-order valence-electron chi connectivity index (χ1n) is 4.60. The van der Waals surface area contributed by atoms with Gasteiger partial charge in [-0.15, -0.1) is 0 Å². The third-order valence-corrected chi connectivity index (χ3v) is 2.14. The molecule has 0 aliphatic carbocycles. The van der Waals surface area contributed by atoms with E-state index in [4.69, 9.17) is 4.74 Å². The van der Waals surface area contributed by atoms with Gasteiger partial charge in [-0.05, 0) is 49.2 Å². The largest absolute Gasteiger partial charge is 0.487 e. The Bertz CT molecular complexity index is 405. The highest BCUT2D eigenvalue weighted by atomic mass is 16.5. The molecule has 14 heavy (non-hydrogen) atoms. The summed E-state index contributed by atoms with van der Waals surface area (Å²) in [4.78, 5) is 4.04. The first-order chi connectivity index (χ1) is 6.75. The number of rotatable bonds is 3. The lowest BCUT2D eigenvalue weighted by Crippen LogP contribution is -2.05. The van der Waals surface area contributed by atoms with Crippen molar-refractivity contribution in [2.24, 2.45) is 4.99 Å². The van der Waals surface area contributed by atoms with Gasteiger partial charge >= 0.3 is 0 Å². The van der Waals surface area contributed by atoms with Crippen molar-refractivity contribution in [1.82, 2.24) is 0 Å². The van der Waals surface area contributed by atoms with E-state index in [0.717, 1.165) is 22.6 Å². The predicted octanol–water partition coefficient (Wildman–Crippen LogP) is 2.45. The van der Waals surface area contributed by atoms with Crippen LogP contribution < -0.4 is 4.74 Å². The molecule has 1 aliphatic rings. The molecule has 0 amide bonds.